The number of hydrogen-bond acceptors (Lipinski definition) is 3. The molecule has 5 nitrogen and oxygen atoms in total. The number of carbonyl (C=O) groups excluding carboxylic acids is 2. The quantitative estimate of drug-likeness (QED) is 0.848. The van der Waals surface area contributed by atoms with Gasteiger partial charge in [-0.25, -0.2) is 9.59 Å². The van der Waals surface area contributed by atoms with E-state index < -0.39 is 0 Å². The Bertz CT molecular complexity index is 654. The SMILES string of the molecule is COC(=O)c1ccc(CNC(=O)Nc2ccc(Cl)cc2)cc1. The summed E-state index contributed by atoms with van der Waals surface area (Å²) < 4.78 is 4.62. The molecule has 0 saturated heterocycles. The van der Waals surface area contributed by atoms with Gasteiger partial charge in [0, 0.05) is 17.3 Å². The van der Waals surface area contributed by atoms with E-state index in [2.05, 4.69) is 15.4 Å². The minimum Gasteiger partial charge on any atom is -0.465 e. The predicted molar refractivity (Wildman–Crippen MR) is 85.1 cm³/mol. The molecule has 0 atom stereocenters. The lowest BCUT2D eigenvalue weighted by molar-refractivity contribution is 0.0600. The van der Waals surface area contributed by atoms with E-state index in [1.54, 1.807) is 48.5 Å². The molecule has 2 aromatic rings. The minimum atomic E-state index is -0.389. The Labute approximate surface area is 133 Å². The fraction of sp³-hybridized carbons (Fsp3) is 0.125. The number of amides is 2. The second-order valence-electron chi connectivity index (χ2n) is 4.50. The molecule has 0 spiro atoms. The maximum absolute atomic E-state index is 11.8. The van der Waals surface area contributed by atoms with Gasteiger partial charge in [-0.2, -0.15) is 0 Å². The molecule has 0 saturated carbocycles. The van der Waals surface area contributed by atoms with E-state index in [1.807, 2.05) is 0 Å². The highest BCUT2D eigenvalue weighted by Gasteiger charge is 2.05. The molecule has 2 aromatic carbocycles. The van der Waals surface area contributed by atoms with E-state index in [0.29, 0.717) is 22.8 Å². The van der Waals surface area contributed by atoms with Crippen LogP contribution < -0.4 is 10.6 Å². The third kappa shape index (κ3) is 4.49. The van der Waals surface area contributed by atoms with Crippen molar-refractivity contribution in [1.82, 2.24) is 5.32 Å². The number of anilines is 1. The van der Waals surface area contributed by atoms with Crippen LogP contribution in [0.5, 0.6) is 0 Å². The van der Waals surface area contributed by atoms with Crippen molar-refractivity contribution in [2.45, 2.75) is 6.54 Å². The highest BCUT2D eigenvalue weighted by Crippen LogP contribution is 2.13. The van der Waals surface area contributed by atoms with Crippen LogP contribution in [-0.4, -0.2) is 19.1 Å². The Kier molecular flexibility index (Phi) is 5.38. The molecule has 0 radical (unpaired) electrons. The number of nitrogens with one attached hydrogen (secondary N) is 2. The first-order valence-corrected chi connectivity index (χ1v) is 6.94. The molecule has 2 amide bonds. The van der Waals surface area contributed by atoms with Gasteiger partial charge in [-0.1, -0.05) is 23.7 Å². The van der Waals surface area contributed by atoms with Gasteiger partial charge in [-0.15, -0.1) is 0 Å². The highest BCUT2D eigenvalue weighted by atomic mass is 35.5. The van der Waals surface area contributed by atoms with Crippen LogP contribution in [-0.2, 0) is 11.3 Å². The van der Waals surface area contributed by atoms with Crippen molar-refractivity contribution in [2.75, 3.05) is 12.4 Å². The van der Waals surface area contributed by atoms with Crippen molar-refractivity contribution in [2.24, 2.45) is 0 Å². The fourth-order valence-electron chi connectivity index (χ4n) is 1.77. The third-order valence-electron chi connectivity index (χ3n) is 2.93. The van der Waals surface area contributed by atoms with Crippen LogP contribution >= 0.6 is 11.6 Å². The van der Waals surface area contributed by atoms with Gasteiger partial charge < -0.3 is 15.4 Å². The normalized spacial score (nSPS) is 9.91. The average molecular weight is 319 g/mol. The Morgan fingerprint density at radius 2 is 1.68 bits per heavy atom. The standard InChI is InChI=1S/C16H15ClN2O3/c1-22-15(20)12-4-2-11(3-5-12)10-18-16(21)19-14-8-6-13(17)7-9-14/h2-9H,10H2,1H3,(H2,18,19,21). The van der Waals surface area contributed by atoms with Crippen LogP contribution in [0.4, 0.5) is 10.5 Å². The molecule has 0 unspecified atom stereocenters. The second kappa shape index (κ2) is 7.47. The number of ether oxygens (including phenoxy) is 1. The van der Waals surface area contributed by atoms with E-state index in [9.17, 15) is 9.59 Å². The van der Waals surface area contributed by atoms with Crippen LogP contribution in [0, 0.1) is 0 Å². The van der Waals surface area contributed by atoms with Gasteiger partial charge in [-0.3, -0.25) is 0 Å². The Morgan fingerprint density at radius 1 is 1.05 bits per heavy atom. The molecule has 22 heavy (non-hydrogen) atoms. The molecule has 0 heterocycles. The van der Waals surface area contributed by atoms with Crippen LogP contribution in [0.3, 0.4) is 0 Å². The maximum Gasteiger partial charge on any atom is 0.337 e. The summed E-state index contributed by atoms with van der Waals surface area (Å²) in [6.07, 6.45) is 0. The molecular weight excluding hydrogens is 304 g/mol. The monoisotopic (exact) mass is 318 g/mol. The topological polar surface area (TPSA) is 67.4 Å². The van der Waals surface area contributed by atoms with Crippen LogP contribution in [0.25, 0.3) is 0 Å². The summed E-state index contributed by atoms with van der Waals surface area (Å²) in [7, 11) is 1.33. The van der Waals surface area contributed by atoms with Gasteiger partial charge in [0.25, 0.3) is 0 Å². The zero-order valence-electron chi connectivity index (χ0n) is 11.9. The summed E-state index contributed by atoms with van der Waals surface area (Å²) in [5.74, 6) is -0.389. The van der Waals surface area contributed by atoms with E-state index >= 15 is 0 Å². The van der Waals surface area contributed by atoms with Gasteiger partial charge >= 0.3 is 12.0 Å². The summed E-state index contributed by atoms with van der Waals surface area (Å²) in [4.78, 5) is 23.1. The third-order valence-corrected chi connectivity index (χ3v) is 3.18. The molecule has 0 fully saturated rings. The van der Waals surface area contributed by atoms with Crippen molar-refractivity contribution in [3.63, 3.8) is 0 Å². The van der Waals surface area contributed by atoms with E-state index in [0.717, 1.165) is 5.56 Å². The smallest absolute Gasteiger partial charge is 0.337 e. The first kappa shape index (κ1) is 15.9. The van der Waals surface area contributed by atoms with Gasteiger partial charge in [0.15, 0.2) is 0 Å². The van der Waals surface area contributed by atoms with Crippen LogP contribution in [0.1, 0.15) is 15.9 Å². The first-order valence-electron chi connectivity index (χ1n) is 6.56. The number of halogens is 1. The molecule has 0 aliphatic heterocycles. The summed E-state index contributed by atoms with van der Waals surface area (Å²) >= 11 is 5.77. The molecule has 0 aliphatic rings. The van der Waals surface area contributed by atoms with Crippen LogP contribution in [0.2, 0.25) is 5.02 Å². The molecule has 6 heteroatoms. The second-order valence-corrected chi connectivity index (χ2v) is 4.94. The lowest BCUT2D eigenvalue weighted by Crippen LogP contribution is -2.28. The molecule has 2 N–H and O–H groups in total. The van der Waals surface area contributed by atoms with E-state index in [1.165, 1.54) is 7.11 Å². The molecule has 2 rings (SSSR count). The number of urea groups is 1. The average Bonchev–Trinajstić information content (AvgIpc) is 2.55. The minimum absolute atomic E-state index is 0.320. The van der Waals surface area contributed by atoms with E-state index in [4.69, 9.17) is 11.6 Å². The highest BCUT2D eigenvalue weighted by molar-refractivity contribution is 6.30. The Hall–Kier alpha value is -2.53. The predicted octanol–water partition coefficient (Wildman–Crippen LogP) is 3.45. The van der Waals surface area contributed by atoms with Gasteiger partial charge in [-0.05, 0) is 42.0 Å². The van der Waals surface area contributed by atoms with Gasteiger partial charge in [0.05, 0.1) is 12.7 Å². The molecule has 0 bridgehead atoms. The summed E-state index contributed by atoms with van der Waals surface area (Å²) in [6.45, 7) is 0.348. The first-order chi connectivity index (χ1) is 10.6. The van der Waals surface area contributed by atoms with Crippen LogP contribution in [0.15, 0.2) is 48.5 Å². The molecule has 114 valence electrons. The Morgan fingerprint density at radius 3 is 2.27 bits per heavy atom. The molecular formula is C16H15ClN2O3. The largest absolute Gasteiger partial charge is 0.465 e. The van der Waals surface area contributed by atoms with Gasteiger partial charge in [0.1, 0.15) is 0 Å². The number of carbonyl (C=O) groups is 2. The van der Waals surface area contributed by atoms with Crippen molar-refractivity contribution in [3.8, 4) is 0 Å². The fourth-order valence-corrected chi connectivity index (χ4v) is 1.89. The summed E-state index contributed by atoms with van der Waals surface area (Å²) in [6, 6.07) is 13.3. The molecule has 0 aliphatic carbocycles. The number of methoxy groups -OCH3 is 1. The summed E-state index contributed by atoms with van der Waals surface area (Å²) in [5, 5.41) is 6.03. The number of hydrogen-bond donors (Lipinski definition) is 2. The van der Waals surface area contributed by atoms with Crippen molar-refractivity contribution < 1.29 is 14.3 Å². The number of benzene rings is 2. The summed E-state index contributed by atoms with van der Waals surface area (Å²) in [5.41, 5.74) is 2.00. The van der Waals surface area contributed by atoms with Crippen molar-refractivity contribution in [3.05, 3.63) is 64.7 Å². The number of esters is 1. The van der Waals surface area contributed by atoms with Gasteiger partial charge in [0.2, 0.25) is 0 Å². The van der Waals surface area contributed by atoms with Crippen molar-refractivity contribution in [1.29, 1.82) is 0 Å². The Balaban J connectivity index is 1.85. The lowest BCUT2D eigenvalue weighted by atomic mass is 10.1. The zero-order chi connectivity index (χ0) is 15.9. The lowest BCUT2D eigenvalue weighted by Gasteiger charge is -2.08. The van der Waals surface area contributed by atoms with Crippen molar-refractivity contribution >= 4 is 29.3 Å². The maximum atomic E-state index is 11.8. The van der Waals surface area contributed by atoms with E-state index in [-0.39, 0.29) is 12.0 Å². The zero-order valence-corrected chi connectivity index (χ0v) is 12.7. The number of rotatable bonds is 4. The molecule has 0 aromatic heterocycles.